The second-order valence-electron chi connectivity index (χ2n) is 4.96. The Morgan fingerprint density at radius 2 is 1.70 bits per heavy atom. The van der Waals surface area contributed by atoms with Crippen LogP contribution in [0.4, 0.5) is 10.5 Å². The lowest BCUT2D eigenvalue weighted by Crippen LogP contribution is -2.52. The molecule has 0 saturated heterocycles. The highest BCUT2D eigenvalue weighted by Crippen LogP contribution is 2.32. The second kappa shape index (κ2) is 6.13. The van der Waals surface area contributed by atoms with E-state index in [0.29, 0.717) is 5.69 Å². The highest BCUT2D eigenvalue weighted by Gasteiger charge is 2.35. The van der Waals surface area contributed by atoms with E-state index >= 15 is 0 Å². The van der Waals surface area contributed by atoms with Gasteiger partial charge in [0.2, 0.25) is 0 Å². The van der Waals surface area contributed by atoms with E-state index in [4.69, 9.17) is 5.11 Å². The number of benzene rings is 1. The molecule has 0 aliphatic heterocycles. The van der Waals surface area contributed by atoms with Crippen molar-refractivity contribution >= 4 is 49.5 Å². The molecule has 20 heavy (non-hydrogen) atoms. The van der Waals surface area contributed by atoms with Crippen molar-refractivity contribution in [3.05, 3.63) is 26.6 Å². The van der Waals surface area contributed by atoms with Crippen LogP contribution in [0.1, 0.15) is 19.4 Å². The molecule has 2 amide bonds. The number of halogens is 2. The van der Waals surface area contributed by atoms with Gasteiger partial charge < -0.3 is 15.3 Å². The smallest absolute Gasteiger partial charge is 0.329 e. The molecule has 0 bridgehead atoms. The largest absolute Gasteiger partial charge is 0.480 e. The van der Waals surface area contributed by atoms with Crippen molar-refractivity contribution in [1.29, 1.82) is 0 Å². The SMILES string of the molecule is Cc1cc(Br)c(NC(=O)N(C)C(C)(C)C(=O)O)c(Br)c1. The van der Waals surface area contributed by atoms with Gasteiger partial charge in [0.15, 0.2) is 0 Å². The van der Waals surface area contributed by atoms with E-state index < -0.39 is 17.5 Å². The number of carbonyl (C=O) groups is 2. The maximum atomic E-state index is 12.2. The van der Waals surface area contributed by atoms with Crippen molar-refractivity contribution in [3.8, 4) is 0 Å². The number of nitrogens with zero attached hydrogens (tertiary/aromatic N) is 1. The van der Waals surface area contributed by atoms with Crippen molar-refractivity contribution in [2.24, 2.45) is 0 Å². The number of urea groups is 1. The minimum absolute atomic E-state index is 0.498. The first-order valence-electron chi connectivity index (χ1n) is 5.81. The summed E-state index contributed by atoms with van der Waals surface area (Å²) in [6, 6.07) is 3.23. The predicted octanol–water partition coefficient (Wildman–Crippen LogP) is 3.85. The number of anilines is 1. The van der Waals surface area contributed by atoms with Crippen LogP contribution < -0.4 is 5.32 Å². The molecule has 7 heteroatoms. The number of hydrogen-bond donors (Lipinski definition) is 2. The zero-order valence-corrected chi connectivity index (χ0v) is 14.8. The van der Waals surface area contributed by atoms with Gasteiger partial charge in [-0.3, -0.25) is 0 Å². The molecule has 0 spiro atoms. The van der Waals surface area contributed by atoms with Crippen molar-refractivity contribution in [1.82, 2.24) is 4.90 Å². The summed E-state index contributed by atoms with van der Waals surface area (Å²) >= 11 is 6.75. The first-order valence-corrected chi connectivity index (χ1v) is 7.39. The number of carboxylic acid groups (broad SMARTS) is 1. The molecular formula is C13H16Br2N2O3. The summed E-state index contributed by atoms with van der Waals surface area (Å²) in [6.07, 6.45) is 0. The summed E-state index contributed by atoms with van der Waals surface area (Å²) in [5.74, 6) is -1.07. The van der Waals surface area contributed by atoms with Gasteiger partial charge in [0.05, 0.1) is 5.69 Å². The van der Waals surface area contributed by atoms with Gasteiger partial charge in [-0.15, -0.1) is 0 Å². The Labute approximate surface area is 134 Å². The average Bonchev–Trinajstić information content (AvgIpc) is 2.32. The van der Waals surface area contributed by atoms with Crippen LogP contribution in [0.2, 0.25) is 0 Å². The quantitative estimate of drug-likeness (QED) is 0.799. The van der Waals surface area contributed by atoms with Gasteiger partial charge in [0.25, 0.3) is 0 Å². The van der Waals surface area contributed by atoms with Crippen LogP contribution in [0.5, 0.6) is 0 Å². The molecule has 0 aromatic heterocycles. The highest BCUT2D eigenvalue weighted by atomic mass is 79.9. The third-order valence-electron chi connectivity index (χ3n) is 3.08. The summed E-state index contributed by atoms with van der Waals surface area (Å²) in [5, 5.41) is 11.8. The Morgan fingerprint density at radius 3 is 2.10 bits per heavy atom. The van der Waals surface area contributed by atoms with Crippen molar-refractivity contribution < 1.29 is 14.7 Å². The third kappa shape index (κ3) is 3.52. The van der Waals surface area contributed by atoms with Gasteiger partial charge in [-0.25, -0.2) is 9.59 Å². The summed E-state index contributed by atoms with van der Waals surface area (Å²) in [4.78, 5) is 24.5. The fraction of sp³-hybridized carbons (Fsp3) is 0.385. The van der Waals surface area contributed by atoms with Crippen molar-refractivity contribution in [2.75, 3.05) is 12.4 Å². The predicted molar refractivity (Wildman–Crippen MR) is 85.1 cm³/mol. The molecule has 0 atom stereocenters. The Balaban J connectivity index is 3.00. The first kappa shape index (κ1) is 17.0. The first-order chi connectivity index (χ1) is 9.07. The van der Waals surface area contributed by atoms with Gasteiger partial charge in [-0.05, 0) is 70.3 Å². The average molecular weight is 408 g/mol. The van der Waals surface area contributed by atoms with E-state index in [2.05, 4.69) is 37.2 Å². The van der Waals surface area contributed by atoms with Gasteiger partial charge in [0.1, 0.15) is 5.54 Å². The lowest BCUT2D eigenvalue weighted by Gasteiger charge is -2.31. The Hall–Kier alpha value is -1.08. The molecule has 5 nitrogen and oxygen atoms in total. The van der Waals surface area contributed by atoms with Crippen LogP contribution in [-0.4, -0.2) is 34.6 Å². The fourth-order valence-corrected chi connectivity index (χ4v) is 3.02. The Morgan fingerprint density at radius 1 is 1.25 bits per heavy atom. The van der Waals surface area contributed by atoms with Crippen molar-refractivity contribution in [2.45, 2.75) is 26.3 Å². The number of hydrogen-bond acceptors (Lipinski definition) is 2. The molecule has 0 aliphatic carbocycles. The lowest BCUT2D eigenvalue weighted by atomic mass is 10.1. The number of nitrogens with one attached hydrogen (secondary N) is 1. The maximum absolute atomic E-state index is 12.2. The summed E-state index contributed by atoms with van der Waals surface area (Å²) in [7, 11) is 1.44. The fourth-order valence-electron chi connectivity index (χ4n) is 1.41. The summed E-state index contributed by atoms with van der Waals surface area (Å²) < 4.78 is 1.44. The standard InChI is InChI=1S/C13H16Br2N2O3/c1-7-5-8(14)10(9(15)6-7)16-12(20)17(4)13(2,3)11(18)19/h5-6H,1-4H3,(H,16,20)(H,18,19). The van der Waals surface area contributed by atoms with E-state index in [-0.39, 0.29) is 0 Å². The number of carboxylic acids is 1. The normalized spacial score (nSPS) is 11.1. The lowest BCUT2D eigenvalue weighted by molar-refractivity contribution is -0.146. The number of carbonyl (C=O) groups excluding carboxylic acids is 1. The maximum Gasteiger partial charge on any atom is 0.329 e. The highest BCUT2D eigenvalue weighted by molar-refractivity contribution is 9.11. The topological polar surface area (TPSA) is 69.6 Å². The zero-order chi connectivity index (χ0) is 15.7. The number of amides is 2. The van der Waals surface area contributed by atoms with Crippen LogP contribution >= 0.6 is 31.9 Å². The van der Waals surface area contributed by atoms with Gasteiger partial charge in [-0.2, -0.15) is 0 Å². The van der Waals surface area contributed by atoms with Crippen LogP contribution in [-0.2, 0) is 4.79 Å². The molecular weight excluding hydrogens is 392 g/mol. The minimum Gasteiger partial charge on any atom is -0.480 e. The van der Waals surface area contributed by atoms with E-state index in [1.807, 2.05) is 19.1 Å². The summed E-state index contributed by atoms with van der Waals surface area (Å²) in [6.45, 7) is 4.86. The van der Waals surface area contributed by atoms with Gasteiger partial charge in [-0.1, -0.05) is 0 Å². The number of rotatable bonds is 3. The molecule has 0 radical (unpaired) electrons. The molecule has 0 unspecified atom stereocenters. The molecule has 0 saturated carbocycles. The minimum atomic E-state index is -1.30. The molecule has 1 aromatic carbocycles. The molecule has 0 fully saturated rings. The molecule has 1 rings (SSSR count). The molecule has 1 aromatic rings. The third-order valence-corrected chi connectivity index (χ3v) is 4.34. The van der Waals surface area contributed by atoms with Gasteiger partial charge >= 0.3 is 12.0 Å². The van der Waals surface area contributed by atoms with E-state index in [9.17, 15) is 9.59 Å². The van der Waals surface area contributed by atoms with Crippen molar-refractivity contribution in [3.63, 3.8) is 0 Å². The number of aryl methyl sites for hydroxylation is 1. The molecule has 2 N–H and O–H groups in total. The Bertz CT molecular complexity index is 536. The summed E-state index contributed by atoms with van der Waals surface area (Å²) in [5.41, 5.74) is 0.294. The van der Waals surface area contributed by atoms with Crippen LogP contribution in [0.25, 0.3) is 0 Å². The molecule has 0 aliphatic rings. The van der Waals surface area contributed by atoms with E-state index in [1.54, 1.807) is 0 Å². The second-order valence-corrected chi connectivity index (χ2v) is 6.67. The zero-order valence-electron chi connectivity index (χ0n) is 11.6. The van der Waals surface area contributed by atoms with Crippen LogP contribution in [0.3, 0.4) is 0 Å². The van der Waals surface area contributed by atoms with E-state index in [1.165, 1.54) is 20.9 Å². The van der Waals surface area contributed by atoms with Crippen LogP contribution in [0, 0.1) is 6.92 Å². The number of likely N-dealkylation sites (N-methyl/N-ethyl adjacent to an activating group) is 1. The van der Waals surface area contributed by atoms with E-state index in [0.717, 1.165) is 19.4 Å². The Kier molecular flexibility index (Phi) is 5.21. The number of aliphatic carboxylic acids is 1. The van der Waals surface area contributed by atoms with Gasteiger partial charge in [0, 0.05) is 16.0 Å². The molecule has 110 valence electrons. The monoisotopic (exact) mass is 406 g/mol. The molecule has 0 heterocycles. The van der Waals surface area contributed by atoms with Crippen LogP contribution in [0.15, 0.2) is 21.1 Å².